The van der Waals surface area contributed by atoms with Crippen LogP contribution in [0.25, 0.3) is 0 Å². The van der Waals surface area contributed by atoms with Crippen LogP contribution in [0.4, 0.5) is 0 Å². The van der Waals surface area contributed by atoms with Crippen LogP contribution in [0.15, 0.2) is 17.5 Å². The molecule has 100 valence electrons. The molecule has 2 aliphatic rings. The number of hydrogen-bond acceptors (Lipinski definition) is 3. The lowest BCUT2D eigenvalue weighted by atomic mass is 9.88. The van der Waals surface area contributed by atoms with Gasteiger partial charge in [-0.25, -0.2) is 0 Å². The van der Waals surface area contributed by atoms with Crippen molar-refractivity contribution in [1.82, 2.24) is 5.32 Å². The van der Waals surface area contributed by atoms with E-state index in [1.165, 1.54) is 37.0 Å². The van der Waals surface area contributed by atoms with Gasteiger partial charge in [-0.1, -0.05) is 18.9 Å². The van der Waals surface area contributed by atoms with Crippen LogP contribution < -0.4 is 5.32 Å². The first-order valence-electron chi connectivity index (χ1n) is 7.21. The summed E-state index contributed by atoms with van der Waals surface area (Å²) in [6.45, 7) is 3.22. The predicted molar refractivity (Wildman–Crippen MR) is 76.0 cm³/mol. The molecule has 2 nitrogen and oxygen atoms in total. The van der Waals surface area contributed by atoms with Crippen molar-refractivity contribution in [2.45, 2.75) is 63.1 Å². The van der Waals surface area contributed by atoms with E-state index < -0.39 is 0 Å². The summed E-state index contributed by atoms with van der Waals surface area (Å²) >= 11 is 1.85. The van der Waals surface area contributed by atoms with Gasteiger partial charge in [-0.05, 0) is 44.1 Å². The first-order valence-corrected chi connectivity index (χ1v) is 8.09. The monoisotopic (exact) mass is 265 g/mol. The summed E-state index contributed by atoms with van der Waals surface area (Å²) in [5, 5.41) is 5.97. The fourth-order valence-electron chi connectivity index (χ4n) is 3.51. The van der Waals surface area contributed by atoms with E-state index in [2.05, 4.69) is 29.8 Å². The predicted octanol–water partition coefficient (Wildman–Crippen LogP) is 3.89. The minimum absolute atomic E-state index is 0.227. The molecule has 18 heavy (non-hydrogen) atoms. The second-order valence-corrected chi connectivity index (χ2v) is 6.81. The summed E-state index contributed by atoms with van der Waals surface area (Å²) < 4.78 is 6.09. The van der Waals surface area contributed by atoms with Crippen molar-refractivity contribution in [2.75, 3.05) is 6.61 Å². The van der Waals surface area contributed by atoms with Crippen molar-refractivity contribution in [3.63, 3.8) is 0 Å². The maximum atomic E-state index is 6.09. The summed E-state index contributed by atoms with van der Waals surface area (Å²) in [5.41, 5.74) is 0.227. The topological polar surface area (TPSA) is 21.3 Å². The van der Waals surface area contributed by atoms with E-state index in [9.17, 15) is 0 Å². The average Bonchev–Trinajstić information content (AvgIpc) is 3.01. The number of nitrogens with one attached hydrogen (secondary N) is 1. The number of thiophene rings is 1. The molecule has 0 radical (unpaired) electrons. The van der Waals surface area contributed by atoms with Gasteiger partial charge in [0.2, 0.25) is 0 Å². The van der Waals surface area contributed by atoms with Crippen molar-refractivity contribution >= 4 is 11.3 Å². The molecule has 1 saturated heterocycles. The molecule has 1 aromatic heterocycles. The quantitative estimate of drug-likeness (QED) is 0.895. The van der Waals surface area contributed by atoms with Gasteiger partial charge in [0, 0.05) is 23.6 Å². The van der Waals surface area contributed by atoms with Crippen LogP contribution in [0.2, 0.25) is 0 Å². The second kappa shape index (κ2) is 5.32. The normalized spacial score (nSPS) is 28.6. The van der Waals surface area contributed by atoms with E-state index in [0.29, 0.717) is 12.1 Å². The lowest BCUT2D eigenvalue weighted by Gasteiger charge is -2.39. The summed E-state index contributed by atoms with van der Waals surface area (Å²) in [4.78, 5) is 1.45. The highest BCUT2D eigenvalue weighted by molar-refractivity contribution is 7.10. The van der Waals surface area contributed by atoms with Crippen LogP contribution in [-0.2, 0) is 4.74 Å². The van der Waals surface area contributed by atoms with Gasteiger partial charge in [-0.2, -0.15) is 0 Å². The van der Waals surface area contributed by atoms with Crippen molar-refractivity contribution in [3.8, 4) is 0 Å². The smallest absolute Gasteiger partial charge is 0.0697 e. The molecule has 2 fully saturated rings. The number of ether oxygens (including phenoxy) is 1. The Bertz CT molecular complexity index is 370. The molecule has 0 bridgehead atoms. The van der Waals surface area contributed by atoms with Gasteiger partial charge in [0.25, 0.3) is 0 Å². The van der Waals surface area contributed by atoms with Gasteiger partial charge >= 0.3 is 0 Å². The minimum Gasteiger partial charge on any atom is -0.375 e. The maximum absolute atomic E-state index is 6.09. The van der Waals surface area contributed by atoms with Gasteiger partial charge in [-0.15, -0.1) is 11.3 Å². The molecule has 1 aliphatic heterocycles. The molecule has 1 aromatic rings. The summed E-state index contributed by atoms with van der Waals surface area (Å²) in [7, 11) is 0. The molecule has 2 atom stereocenters. The van der Waals surface area contributed by atoms with Crippen LogP contribution in [0.3, 0.4) is 0 Å². The van der Waals surface area contributed by atoms with Gasteiger partial charge < -0.3 is 10.1 Å². The van der Waals surface area contributed by atoms with Crippen molar-refractivity contribution in [2.24, 2.45) is 0 Å². The molecule has 3 heteroatoms. The van der Waals surface area contributed by atoms with Crippen LogP contribution in [-0.4, -0.2) is 18.2 Å². The van der Waals surface area contributed by atoms with E-state index in [1.54, 1.807) is 0 Å². The number of rotatable bonds is 3. The third-order valence-corrected chi connectivity index (χ3v) is 5.52. The first kappa shape index (κ1) is 12.6. The Morgan fingerprint density at radius 2 is 2.28 bits per heavy atom. The summed E-state index contributed by atoms with van der Waals surface area (Å²) in [5.74, 6) is 0. The molecular weight excluding hydrogens is 242 g/mol. The van der Waals surface area contributed by atoms with Crippen LogP contribution in [0.5, 0.6) is 0 Å². The Labute approximate surface area is 114 Å². The van der Waals surface area contributed by atoms with E-state index >= 15 is 0 Å². The molecule has 0 amide bonds. The van der Waals surface area contributed by atoms with Crippen molar-refractivity contribution in [1.29, 1.82) is 0 Å². The van der Waals surface area contributed by atoms with Gasteiger partial charge in [0.05, 0.1) is 5.60 Å². The Balaban J connectivity index is 1.59. The molecule has 1 unspecified atom stereocenters. The minimum atomic E-state index is 0.227. The van der Waals surface area contributed by atoms with Gasteiger partial charge in [0.15, 0.2) is 0 Å². The third kappa shape index (κ3) is 2.63. The summed E-state index contributed by atoms with van der Waals surface area (Å²) in [6, 6.07) is 5.48. The molecule has 2 heterocycles. The molecule has 1 saturated carbocycles. The Hall–Kier alpha value is -0.380. The van der Waals surface area contributed by atoms with Crippen LogP contribution in [0.1, 0.15) is 56.4 Å². The highest BCUT2D eigenvalue weighted by Crippen LogP contribution is 2.40. The van der Waals surface area contributed by atoms with Crippen LogP contribution >= 0.6 is 11.3 Å². The second-order valence-electron chi connectivity index (χ2n) is 5.83. The maximum Gasteiger partial charge on any atom is 0.0697 e. The highest BCUT2D eigenvalue weighted by Gasteiger charge is 2.40. The lowest BCUT2D eigenvalue weighted by Crippen LogP contribution is -2.46. The Kier molecular flexibility index (Phi) is 3.73. The standard InChI is InChI=1S/C15H23NOS/c1-12(14-5-4-10-18-14)16-13-6-9-17-15(11-13)7-2-3-8-15/h4-5,10,12-13,16H,2-3,6-9,11H2,1H3/t12-,13?/m0/s1. The van der Waals surface area contributed by atoms with Gasteiger partial charge in [-0.3, -0.25) is 0 Å². The average molecular weight is 265 g/mol. The molecule has 1 N–H and O–H groups in total. The van der Waals surface area contributed by atoms with Crippen molar-refractivity contribution < 1.29 is 4.74 Å². The van der Waals surface area contributed by atoms with Crippen LogP contribution in [0, 0.1) is 0 Å². The van der Waals surface area contributed by atoms with Gasteiger partial charge in [0.1, 0.15) is 0 Å². The van der Waals surface area contributed by atoms with E-state index in [-0.39, 0.29) is 5.60 Å². The molecule has 1 spiro atoms. The third-order valence-electron chi connectivity index (χ3n) is 4.46. The zero-order valence-corrected chi connectivity index (χ0v) is 12.0. The first-order chi connectivity index (χ1) is 8.77. The Morgan fingerprint density at radius 3 is 3.00 bits per heavy atom. The fourth-order valence-corrected chi connectivity index (χ4v) is 4.25. The molecule has 1 aliphatic carbocycles. The number of hydrogen-bond donors (Lipinski definition) is 1. The molecule has 3 rings (SSSR count). The summed E-state index contributed by atoms with van der Waals surface area (Å²) in [6.07, 6.45) is 7.64. The molecular formula is C15H23NOS. The zero-order chi connectivity index (χ0) is 12.4. The van der Waals surface area contributed by atoms with E-state index in [4.69, 9.17) is 4.74 Å². The van der Waals surface area contributed by atoms with Crippen molar-refractivity contribution in [3.05, 3.63) is 22.4 Å². The fraction of sp³-hybridized carbons (Fsp3) is 0.733. The zero-order valence-electron chi connectivity index (χ0n) is 11.2. The molecule has 0 aromatic carbocycles. The van der Waals surface area contributed by atoms with E-state index in [0.717, 1.165) is 13.0 Å². The lowest BCUT2D eigenvalue weighted by molar-refractivity contribution is -0.0845. The SMILES string of the molecule is C[C@H](NC1CCOC2(CCCC2)C1)c1cccs1. The highest BCUT2D eigenvalue weighted by atomic mass is 32.1. The Morgan fingerprint density at radius 1 is 1.44 bits per heavy atom. The van der Waals surface area contributed by atoms with E-state index in [1.807, 2.05) is 11.3 Å². The largest absolute Gasteiger partial charge is 0.375 e.